The van der Waals surface area contributed by atoms with Gasteiger partial charge in [0.25, 0.3) is 5.91 Å². The molecule has 0 unspecified atom stereocenters. The van der Waals surface area contributed by atoms with E-state index < -0.39 is 0 Å². The summed E-state index contributed by atoms with van der Waals surface area (Å²) >= 11 is 0. The Kier molecular flexibility index (Phi) is 6.59. The molecule has 154 valence electrons. The minimum absolute atomic E-state index is 0.0555. The lowest BCUT2D eigenvalue weighted by Crippen LogP contribution is -2.40. The third-order valence-electron chi connectivity index (χ3n) is 4.58. The van der Waals surface area contributed by atoms with Gasteiger partial charge in [-0.1, -0.05) is 17.7 Å². The lowest BCUT2D eigenvalue weighted by atomic mass is 10.1. The minimum atomic E-state index is -0.289. The number of aryl methyl sites for hydroxylation is 2. The number of hydrogen-bond donors (Lipinski definition) is 1. The number of nitrogens with one attached hydrogen (secondary N) is 1. The summed E-state index contributed by atoms with van der Waals surface area (Å²) in [5.74, 6) is 1.39. The first-order valence-electron chi connectivity index (χ1n) is 9.63. The zero-order valence-electron chi connectivity index (χ0n) is 17.0. The quantitative estimate of drug-likeness (QED) is 0.776. The number of anilines is 1. The van der Waals surface area contributed by atoms with Gasteiger partial charge in [0.2, 0.25) is 5.91 Å². The van der Waals surface area contributed by atoms with Gasteiger partial charge >= 0.3 is 0 Å². The standard InChI is InChI=1S/C22H26N2O5/c1-4-24(22(26)14-29-18-7-5-15(2)11-16(18)3)13-21(25)23-17-6-8-19-20(12-17)28-10-9-27-19/h5-8,11-12H,4,9-10,13-14H2,1-3H3,(H,23,25). The summed E-state index contributed by atoms with van der Waals surface area (Å²) in [5.41, 5.74) is 2.69. The average Bonchev–Trinajstić information content (AvgIpc) is 2.71. The van der Waals surface area contributed by atoms with E-state index in [9.17, 15) is 9.59 Å². The van der Waals surface area contributed by atoms with Crippen molar-refractivity contribution >= 4 is 17.5 Å². The molecule has 0 atom stereocenters. The minimum Gasteiger partial charge on any atom is -0.486 e. The fourth-order valence-electron chi connectivity index (χ4n) is 3.06. The van der Waals surface area contributed by atoms with Crippen LogP contribution in [0.4, 0.5) is 5.69 Å². The highest BCUT2D eigenvalue weighted by Gasteiger charge is 2.18. The number of carbonyl (C=O) groups excluding carboxylic acids is 2. The van der Waals surface area contributed by atoms with E-state index >= 15 is 0 Å². The molecule has 2 aromatic carbocycles. The second kappa shape index (κ2) is 9.32. The number of benzene rings is 2. The lowest BCUT2D eigenvalue weighted by Gasteiger charge is -2.22. The molecule has 0 spiro atoms. The van der Waals surface area contributed by atoms with Gasteiger partial charge in [0.1, 0.15) is 19.0 Å². The van der Waals surface area contributed by atoms with Gasteiger partial charge in [-0.05, 0) is 44.5 Å². The predicted molar refractivity (Wildman–Crippen MR) is 110 cm³/mol. The maximum atomic E-state index is 12.5. The molecule has 1 aliphatic rings. The summed E-state index contributed by atoms with van der Waals surface area (Å²) in [4.78, 5) is 26.3. The number of rotatable bonds is 7. The first-order valence-corrected chi connectivity index (χ1v) is 9.63. The van der Waals surface area contributed by atoms with E-state index in [1.54, 1.807) is 18.2 Å². The average molecular weight is 398 g/mol. The first-order chi connectivity index (χ1) is 14.0. The fraction of sp³-hybridized carbons (Fsp3) is 0.364. The molecule has 0 fully saturated rings. The molecule has 0 saturated heterocycles. The molecule has 2 aromatic rings. The van der Waals surface area contributed by atoms with E-state index in [0.29, 0.717) is 42.7 Å². The Morgan fingerprint density at radius 2 is 1.83 bits per heavy atom. The van der Waals surface area contributed by atoms with Crippen LogP contribution in [0.15, 0.2) is 36.4 Å². The molecule has 1 aliphatic heterocycles. The van der Waals surface area contributed by atoms with Gasteiger partial charge in [0.15, 0.2) is 18.1 Å². The zero-order chi connectivity index (χ0) is 20.8. The largest absolute Gasteiger partial charge is 0.486 e. The third kappa shape index (κ3) is 5.40. The van der Waals surface area contributed by atoms with Crippen molar-refractivity contribution in [1.82, 2.24) is 4.90 Å². The van der Waals surface area contributed by atoms with Crippen molar-refractivity contribution in [1.29, 1.82) is 0 Å². The van der Waals surface area contributed by atoms with E-state index in [1.165, 1.54) is 4.90 Å². The number of fused-ring (bicyclic) bond motifs is 1. The summed E-state index contributed by atoms with van der Waals surface area (Å²) < 4.78 is 16.6. The number of nitrogens with zero attached hydrogens (tertiary/aromatic N) is 1. The molecule has 0 bridgehead atoms. The monoisotopic (exact) mass is 398 g/mol. The lowest BCUT2D eigenvalue weighted by molar-refractivity contribution is -0.136. The summed E-state index contributed by atoms with van der Waals surface area (Å²) in [6.07, 6.45) is 0. The molecule has 0 radical (unpaired) electrons. The van der Waals surface area contributed by atoms with E-state index in [1.807, 2.05) is 39.0 Å². The van der Waals surface area contributed by atoms with Gasteiger partial charge < -0.3 is 24.4 Å². The first kappa shape index (κ1) is 20.5. The van der Waals surface area contributed by atoms with Gasteiger partial charge in [-0.3, -0.25) is 9.59 Å². The van der Waals surface area contributed by atoms with Crippen LogP contribution in [-0.2, 0) is 9.59 Å². The number of hydrogen-bond acceptors (Lipinski definition) is 5. The van der Waals surface area contributed by atoms with Crippen LogP contribution >= 0.6 is 0 Å². The summed E-state index contributed by atoms with van der Waals surface area (Å²) in [7, 11) is 0. The van der Waals surface area contributed by atoms with Crippen LogP contribution < -0.4 is 19.5 Å². The molecular formula is C22H26N2O5. The summed E-state index contributed by atoms with van der Waals surface area (Å²) in [6.45, 7) is 6.98. The smallest absolute Gasteiger partial charge is 0.260 e. The van der Waals surface area contributed by atoms with Crippen molar-refractivity contribution in [2.45, 2.75) is 20.8 Å². The highest BCUT2D eigenvalue weighted by atomic mass is 16.6. The van der Waals surface area contributed by atoms with E-state index in [4.69, 9.17) is 14.2 Å². The SMILES string of the molecule is CCN(CC(=O)Nc1ccc2c(c1)OCCO2)C(=O)COc1ccc(C)cc1C. The highest BCUT2D eigenvalue weighted by molar-refractivity contribution is 5.95. The van der Waals surface area contributed by atoms with E-state index in [0.717, 1.165) is 11.1 Å². The molecule has 29 heavy (non-hydrogen) atoms. The number of amides is 2. The van der Waals surface area contributed by atoms with Gasteiger partial charge in [-0.2, -0.15) is 0 Å². The molecule has 7 heteroatoms. The Hall–Kier alpha value is -3.22. The number of carbonyl (C=O) groups is 2. The van der Waals surface area contributed by atoms with E-state index in [-0.39, 0.29) is 25.0 Å². The van der Waals surface area contributed by atoms with Crippen molar-refractivity contribution in [2.24, 2.45) is 0 Å². The Bertz CT molecular complexity index is 897. The van der Waals surface area contributed by atoms with Gasteiger partial charge in [0, 0.05) is 18.3 Å². The molecule has 7 nitrogen and oxygen atoms in total. The normalized spacial score (nSPS) is 12.2. The number of ether oxygens (including phenoxy) is 3. The van der Waals surface area contributed by atoms with Crippen LogP contribution in [-0.4, -0.2) is 49.6 Å². The van der Waals surface area contributed by atoms with Crippen molar-refractivity contribution in [3.63, 3.8) is 0 Å². The summed E-state index contributed by atoms with van der Waals surface area (Å²) in [6, 6.07) is 11.0. The van der Waals surface area contributed by atoms with Crippen molar-refractivity contribution in [3.8, 4) is 17.2 Å². The maximum Gasteiger partial charge on any atom is 0.260 e. The van der Waals surface area contributed by atoms with Gasteiger partial charge in [-0.15, -0.1) is 0 Å². The van der Waals surface area contributed by atoms with Crippen LogP contribution in [0.3, 0.4) is 0 Å². The van der Waals surface area contributed by atoms with Crippen LogP contribution in [0.1, 0.15) is 18.1 Å². The molecule has 1 heterocycles. The Balaban J connectivity index is 1.54. The molecule has 2 amide bonds. The van der Waals surface area contributed by atoms with Gasteiger partial charge in [0.05, 0.1) is 6.54 Å². The topological polar surface area (TPSA) is 77.1 Å². The zero-order valence-corrected chi connectivity index (χ0v) is 17.0. The van der Waals surface area contributed by atoms with Crippen molar-refractivity contribution < 1.29 is 23.8 Å². The molecule has 0 aliphatic carbocycles. The second-order valence-corrected chi connectivity index (χ2v) is 6.87. The highest BCUT2D eigenvalue weighted by Crippen LogP contribution is 2.32. The fourth-order valence-corrected chi connectivity index (χ4v) is 3.06. The van der Waals surface area contributed by atoms with Crippen molar-refractivity contribution in [3.05, 3.63) is 47.5 Å². The molecule has 1 N–H and O–H groups in total. The van der Waals surface area contributed by atoms with Crippen LogP contribution in [0.25, 0.3) is 0 Å². The van der Waals surface area contributed by atoms with E-state index in [2.05, 4.69) is 5.32 Å². The second-order valence-electron chi connectivity index (χ2n) is 6.87. The Morgan fingerprint density at radius 3 is 2.55 bits per heavy atom. The molecular weight excluding hydrogens is 372 g/mol. The molecule has 0 saturated carbocycles. The van der Waals surface area contributed by atoms with Crippen molar-refractivity contribution in [2.75, 3.05) is 38.2 Å². The van der Waals surface area contributed by atoms with Crippen LogP contribution in [0, 0.1) is 13.8 Å². The third-order valence-corrected chi connectivity index (χ3v) is 4.58. The maximum absolute atomic E-state index is 12.5. The summed E-state index contributed by atoms with van der Waals surface area (Å²) in [5, 5.41) is 2.79. The van der Waals surface area contributed by atoms with Crippen LogP contribution in [0.5, 0.6) is 17.2 Å². The molecule has 3 rings (SSSR count). The predicted octanol–water partition coefficient (Wildman–Crippen LogP) is 2.94. The Morgan fingerprint density at radius 1 is 1.07 bits per heavy atom. The molecule has 0 aromatic heterocycles. The van der Waals surface area contributed by atoms with Gasteiger partial charge in [-0.25, -0.2) is 0 Å². The Labute approximate surface area is 170 Å². The number of likely N-dealkylation sites (N-methyl/N-ethyl adjacent to an activating group) is 1. The van der Waals surface area contributed by atoms with Crippen LogP contribution in [0.2, 0.25) is 0 Å².